The Hall–Kier alpha value is -1.36. The molecule has 1 aliphatic heterocycles. The molecule has 0 bridgehead atoms. The summed E-state index contributed by atoms with van der Waals surface area (Å²) in [5.41, 5.74) is 1.10. The zero-order valence-corrected chi connectivity index (χ0v) is 10.6. The fraction of sp³-hybridized carbons (Fsp3) is 0.500. The first kappa shape index (κ1) is 12.1. The number of amides is 2. The summed E-state index contributed by atoms with van der Waals surface area (Å²) in [4.78, 5) is 25.3. The van der Waals surface area contributed by atoms with E-state index in [-0.39, 0.29) is 24.4 Å². The molecule has 1 aromatic heterocycles. The van der Waals surface area contributed by atoms with Crippen LogP contribution in [-0.2, 0) is 16.1 Å². The predicted molar refractivity (Wildman–Crippen MR) is 66.6 cm³/mol. The number of nitrogens with one attached hydrogen (secondary N) is 1. The van der Waals surface area contributed by atoms with E-state index in [1.54, 1.807) is 16.2 Å². The van der Waals surface area contributed by atoms with Crippen LogP contribution in [0.4, 0.5) is 0 Å². The van der Waals surface area contributed by atoms with E-state index in [0.29, 0.717) is 6.54 Å². The Morgan fingerprint density at radius 3 is 3.00 bits per heavy atom. The largest absolute Gasteiger partial charge is 0.345 e. The Balaban J connectivity index is 2.13. The van der Waals surface area contributed by atoms with E-state index in [2.05, 4.69) is 5.32 Å². The van der Waals surface area contributed by atoms with Gasteiger partial charge in [-0.05, 0) is 28.8 Å². The maximum absolute atomic E-state index is 11.9. The molecule has 2 amide bonds. The third-order valence-corrected chi connectivity index (χ3v) is 3.64. The van der Waals surface area contributed by atoms with Crippen molar-refractivity contribution >= 4 is 23.2 Å². The van der Waals surface area contributed by atoms with Gasteiger partial charge in [0.2, 0.25) is 11.8 Å². The van der Waals surface area contributed by atoms with Crippen LogP contribution in [0.2, 0.25) is 0 Å². The first-order valence-electron chi connectivity index (χ1n) is 5.80. The van der Waals surface area contributed by atoms with E-state index in [0.717, 1.165) is 18.4 Å². The Bertz CT molecular complexity index is 403. The molecule has 1 N–H and O–H groups in total. The molecule has 1 saturated heterocycles. The zero-order chi connectivity index (χ0) is 12.3. The summed E-state index contributed by atoms with van der Waals surface area (Å²) < 4.78 is 0. The fourth-order valence-electron chi connectivity index (χ4n) is 2.04. The molecular weight excluding hydrogens is 236 g/mol. The van der Waals surface area contributed by atoms with Gasteiger partial charge in [-0.25, -0.2) is 0 Å². The van der Waals surface area contributed by atoms with Gasteiger partial charge < -0.3 is 10.2 Å². The molecule has 0 spiro atoms. The van der Waals surface area contributed by atoms with Crippen LogP contribution < -0.4 is 5.32 Å². The molecule has 5 heteroatoms. The van der Waals surface area contributed by atoms with Gasteiger partial charge in [-0.1, -0.05) is 13.3 Å². The van der Waals surface area contributed by atoms with Crippen molar-refractivity contribution in [1.29, 1.82) is 0 Å². The second-order valence-electron chi connectivity index (χ2n) is 4.18. The smallest absolute Gasteiger partial charge is 0.243 e. The highest BCUT2D eigenvalue weighted by atomic mass is 32.1. The van der Waals surface area contributed by atoms with Crippen molar-refractivity contribution in [2.75, 3.05) is 6.54 Å². The lowest BCUT2D eigenvalue weighted by atomic mass is 10.1. The lowest BCUT2D eigenvalue weighted by Crippen LogP contribution is -2.57. The normalized spacial score (nSPS) is 20.5. The van der Waals surface area contributed by atoms with Crippen LogP contribution in [0.1, 0.15) is 25.3 Å². The van der Waals surface area contributed by atoms with Crippen molar-refractivity contribution in [3.8, 4) is 0 Å². The van der Waals surface area contributed by atoms with Crippen molar-refractivity contribution in [3.63, 3.8) is 0 Å². The van der Waals surface area contributed by atoms with Crippen LogP contribution in [-0.4, -0.2) is 29.3 Å². The quantitative estimate of drug-likeness (QED) is 0.880. The lowest BCUT2D eigenvalue weighted by molar-refractivity contribution is -0.146. The van der Waals surface area contributed by atoms with Crippen LogP contribution in [0, 0.1) is 0 Å². The zero-order valence-electron chi connectivity index (χ0n) is 9.81. The lowest BCUT2D eigenvalue weighted by Gasteiger charge is -2.34. The molecule has 4 nitrogen and oxygen atoms in total. The van der Waals surface area contributed by atoms with Crippen LogP contribution in [0.25, 0.3) is 0 Å². The third kappa shape index (κ3) is 2.66. The summed E-state index contributed by atoms with van der Waals surface area (Å²) >= 11 is 1.61. The highest BCUT2D eigenvalue weighted by Gasteiger charge is 2.33. The van der Waals surface area contributed by atoms with E-state index in [1.807, 2.05) is 23.8 Å². The Morgan fingerprint density at radius 1 is 1.53 bits per heavy atom. The molecular formula is C12H16N2O2S. The molecule has 1 fully saturated rings. The van der Waals surface area contributed by atoms with E-state index in [1.165, 1.54) is 0 Å². The first-order valence-corrected chi connectivity index (χ1v) is 6.75. The maximum Gasteiger partial charge on any atom is 0.243 e. The van der Waals surface area contributed by atoms with Crippen LogP contribution in [0.15, 0.2) is 16.8 Å². The number of hydrogen-bond donors (Lipinski definition) is 1. The maximum atomic E-state index is 11.9. The summed E-state index contributed by atoms with van der Waals surface area (Å²) in [6.07, 6.45) is 1.62. The number of thiophene rings is 1. The molecule has 1 aromatic rings. The van der Waals surface area contributed by atoms with E-state index < -0.39 is 0 Å². The standard InChI is InChI=1S/C12H16N2O2S/c1-2-3-10-12(16)13-6-11(15)14(10)7-9-4-5-17-8-9/h4-5,8,10H,2-3,6-7H2,1H3,(H,13,16). The van der Waals surface area contributed by atoms with Gasteiger partial charge >= 0.3 is 0 Å². The molecule has 1 aliphatic rings. The molecule has 1 atom stereocenters. The first-order chi connectivity index (χ1) is 8.22. The second kappa shape index (κ2) is 5.31. The number of rotatable bonds is 4. The highest BCUT2D eigenvalue weighted by Crippen LogP contribution is 2.17. The van der Waals surface area contributed by atoms with Crippen molar-refractivity contribution in [2.45, 2.75) is 32.4 Å². The van der Waals surface area contributed by atoms with Gasteiger partial charge in [-0.3, -0.25) is 9.59 Å². The molecule has 0 saturated carbocycles. The van der Waals surface area contributed by atoms with E-state index in [4.69, 9.17) is 0 Å². The summed E-state index contributed by atoms with van der Waals surface area (Å²) in [6, 6.07) is 1.69. The fourth-order valence-corrected chi connectivity index (χ4v) is 2.70. The summed E-state index contributed by atoms with van der Waals surface area (Å²) in [6.45, 7) is 2.69. The number of piperazine rings is 1. The third-order valence-electron chi connectivity index (χ3n) is 2.91. The van der Waals surface area contributed by atoms with Gasteiger partial charge in [-0.15, -0.1) is 0 Å². The molecule has 2 heterocycles. The van der Waals surface area contributed by atoms with Crippen LogP contribution in [0.5, 0.6) is 0 Å². The SMILES string of the molecule is CCCC1C(=O)NCC(=O)N1Cc1ccsc1. The van der Waals surface area contributed by atoms with Gasteiger partial charge in [0.15, 0.2) is 0 Å². The van der Waals surface area contributed by atoms with Gasteiger partial charge in [0.25, 0.3) is 0 Å². The minimum absolute atomic E-state index is 0.00856. The molecule has 0 radical (unpaired) electrons. The van der Waals surface area contributed by atoms with Crippen LogP contribution in [0.3, 0.4) is 0 Å². The Labute approximate surface area is 105 Å². The number of carbonyl (C=O) groups is 2. The predicted octanol–water partition coefficient (Wildman–Crippen LogP) is 1.38. The number of nitrogens with zero attached hydrogens (tertiary/aromatic N) is 1. The summed E-state index contributed by atoms with van der Waals surface area (Å²) in [5.74, 6) is -0.0177. The van der Waals surface area contributed by atoms with Crippen molar-refractivity contribution in [3.05, 3.63) is 22.4 Å². The topological polar surface area (TPSA) is 49.4 Å². The minimum atomic E-state index is -0.304. The number of hydrogen-bond acceptors (Lipinski definition) is 3. The van der Waals surface area contributed by atoms with Gasteiger partial charge in [0.1, 0.15) is 6.04 Å². The van der Waals surface area contributed by atoms with Crippen molar-refractivity contribution < 1.29 is 9.59 Å². The van der Waals surface area contributed by atoms with Gasteiger partial charge in [0, 0.05) is 6.54 Å². The molecule has 2 rings (SSSR count). The summed E-state index contributed by atoms with van der Waals surface area (Å²) in [5, 5.41) is 6.65. The van der Waals surface area contributed by atoms with Crippen molar-refractivity contribution in [1.82, 2.24) is 10.2 Å². The highest BCUT2D eigenvalue weighted by molar-refractivity contribution is 7.07. The van der Waals surface area contributed by atoms with E-state index >= 15 is 0 Å². The molecule has 0 aliphatic carbocycles. The second-order valence-corrected chi connectivity index (χ2v) is 4.96. The molecule has 0 aromatic carbocycles. The monoisotopic (exact) mass is 252 g/mol. The van der Waals surface area contributed by atoms with Crippen LogP contribution >= 0.6 is 11.3 Å². The van der Waals surface area contributed by atoms with Crippen molar-refractivity contribution in [2.24, 2.45) is 0 Å². The summed E-state index contributed by atoms with van der Waals surface area (Å²) in [7, 11) is 0. The molecule has 17 heavy (non-hydrogen) atoms. The van der Waals surface area contributed by atoms with Gasteiger partial charge in [-0.2, -0.15) is 11.3 Å². The van der Waals surface area contributed by atoms with Gasteiger partial charge in [0.05, 0.1) is 6.54 Å². The minimum Gasteiger partial charge on any atom is -0.345 e. The Morgan fingerprint density at radius 2 is 2.35 bits per heavy atom. The van der Waals surface area contributed by atoms with E-state index in [9.17, 15) is 9.59 Å². The molecule has 1 unspecified atom stereocenters. The molecule has 92 valence electrons. The Kier molecular flexibility index (Phi) is 3.78. The average molecular weight is 252 g/mol. The average Bonchev–Trinajstić information content (AvgIpc) is 2.81. The number of carbonyl (C=O) groups excluding carboxylic acids is 2.